The van der Waals surface area contributed by atoms with Crippen molar-refractivity contribution in [3.63, 3.8) is 0 Å². The first-order valence-electron chi connectivity index (χ1n) is 10.3. The van der Waals surface area contributed by atoms with Crippen molar-refractivity contribution in [2.45, 2.75) is 32.4 Å². The molecule has 0 unspecified atom stereocenters. The van der Waals surface area contributed by atoms with Crippen LogP contribution in [0.5, 0.6) is 17.2 Å². The fourth-order valence-electron chi connectivity index (χ4n) is 3.49. The average molecular weight is 460 g/mol. The molecule has 1 aliphatic heterocycles. The summed E-state index contributed by atoms with van der Waals surface area (Å²) in [5.74, 6) is 1.83. The Labute approximate surface area is 192 Å². The molecule has 0 aliphatic carbocycles. The molecule has 0 fully saturated rings. The van der Waals surface area contributed by atoms with Gasteiger partial charge < -0.3 is 24.3 Å². The zero-order valence-corrected chi connectivity index (χ0v) is 19.9. The molecule has 32 heavy (non-hydrogen) atoms. The van der Waals surface area contributed by atoms with Gasteiger partial charge in [-0.15, -0.1) is 0 Å². The first-order valence-corrected chi connectivity index (χ1v) is 11.7. The van der Waals surface area contributed by atoms with E-state index in [1.807, 2.05) is 50.4 Å². The minimum Gasteiger partial charge on any atom is -0.493 e. The Kier molecular flexibility index (Phi) is 7.56. The van der Waals surface area contributed by atoms with Crippen molar-refractivity contribution in [1.82, 2.24) is 5.32 Å². The molecule has 1 heterocycles. The molecule has 0 saturated carbocycles. The Hall–Kier alpha value is -2.87. The van der Waals surface area contributed by atoms with E-state index in [2.05, 4.69) is 5.32 Å². The Balaban J connectivity index is 1.92. The van der Waals surface area contributed by atoms with Crippen molar-refractivity contribution in [2.24, 2.45) is 0 Å². The van der Waals surface area contributed by atoms with Crippen LogP contribution in [-0.2, 0) is 16.1 Å². The quantitative estimate of drug-likeness (QED) is 0.536. The number of benzene rings is 2. The first kappa shape index (κ1) is 23.8. The number of methoxy groups -OCH3 is 2. The minimum atomic E-state index is -0.838. The van der Waals surface area contributed by atoms with Gasteiger partial charge in [0.15, 0.2) is 11.5 Å². The number of rotatable bonds is 10. The van der Waals surface area contributed by atoms with Gasteiger partial charge in [0.1, 0.15) is 12.2 Å². The number of hydrogen-bond acceptors (Lipinski definition) is 7. The summed E-state index contributed by atoms with van der Waals surface area (Å²) in [5, 5.41) is 2.83. The number of hydrogen-bond donors (Lipinski definition) is 1. The zero-order valence-electron chi connectivity index (χ0n) is 19.1. The Morgan fingerprint density at radius 3 is 2.53 bits per heavy atom. The lowest BCUT2D eigenvalue weighted by Gasteiger charge is -2.27. The summed E-state index contributed by atoms with van der Waals surface area (Å²) in [5.41, 5.74) is 2.43. The van der Waals surface area contributed by atoms with Gasteiger partial charge in [0.25, 0.3) is 5.91 Å². The lowest BCUT2D eigenvalue weighted by atomic mass is 9.99. The van der Waals surface area contributed by atoms with E-state index in [0.717, 1.165) is 16.7 Å². The lowest BCUT2D eigenvalue weighted by molar-refractivity contribution is -0.158. The van der Waals surface area contributed by atoms with Gasteiger partial charge in [-0.2, -0.15) is 11.8 Å². The maximum Gasteiger partial charge on any atom is 0.307 e. The second-order valence-electron chi connectivity index (χ2n) is 8.00. The van der Waals surface area contributed by atoms with E-state index < -0.39 is 5.60 Å². The van der Waals surface area contributed by atoms with E-state index in [1.54, 1.807) is 26.0 Å². The normalized spacial score (nSPS) is 12.7. The summed E-state index contributed by atoms with van der Waals surface area (Å²) in [6.45, 7) is 4.23. The van der Waals surface area contributed by atoms with Crippen LogP contribution < -0.4 is 19.5 Å². The zero-order chi connectivity index (χ0) is 23.3. The molecule has 0 bridgehead atoms. The van der Waals surface area contributed by atoms with Gasteiger partial charge in [-0.25, -0.2) is 0 Å². The standard InChI is InChI=1S/C24H29NO6S/c1-24(2,31-20(26)10-11-32-5)14-30-21-17(8-9-19(28-3)22(21)29-4)15-6-7-18-16(12-15)13-25-23(18)27/h6-9,12H,10-11,13-14H2,1-5H3,(H,25,27). The third-order valence-electron chi connectivity index (χ3n) is 5.06. The molecular formula is C24H29NO6S. The van der Waals surface area contributed by atoms with E-state index in [0.29, 0.717) is 41.5 Å². The van der Waals surface area contributed by atoms with E-state index in [-0.39, 0.29) is 18.5 Å². The van der Waals surface area contributed by atoms with E-state index >= 15 is 0 Å². The van der Waals surface area contributed by atoms with Gasteiger partial charge in [-0.1, -0.05) is 6.07 Å². The molecule has 1 N–H and O–H groups in total. The Morgan fingerprint density at radius 1 is 1.09 bits per heavy atom. The molecule has 7 nitrogen and oxygen atoms in total. The Bertz CT molecular complexity index is 1000. The van der Waals surface area contributed by atoms with Crippen LogP contribution in [0.4, 0.5) is 0 Å². The average Bonchev–Trinajstić information content (AvgIpc) is 3.15. The number of carbonyl (C=O) groups excluding carboxylic acids is 2. The number of carbonyl (C=O) groups is 2. The molecule has 0 aromatic heterocycles. The molecule has 172 valence electrons. The topological polar surface area (TPSA) is 83.1 Å². The van der Waals surface area contributed by atoms with Crippen LogP contribution in [0.25, 0.3) is 11.1 Å². The summed E-state index contributed by atoms with van der Waals surface area (Å²) in [6.07, 6.45) is 2.29. The Morgan fingerprint density at radius 2 is 1.84 bits per heavy atom. The van der Waals surface area contributed by atoms with Crippen molar-refractivity contribution < 1.29 is 28.5 Å². The van der Waals surface area contributed by atoms with Gasteiger partial charge in [0, 0.05) is 23.4 Å². The molecule has 1 aliphatic rings. The van der Waals surface area contributed by atoms with Crippen LogP contribution in [0.1, 0.15) is 36.2 Å². The molecule has 3 rings (SSSR count). The highest BCUT2D eigenvalue weighted by molar-refractivity contribution is 7.98. The number of nitrogens with one attached hydrogen (secondary N) is 1. The monoisotopic (exact) mass is 459 g/mol. The van der Waals surface area contributed by atoms with Crippen LogP contribution >= 0.6 is 11.8 Å². The smallest absolute Gasteiger partial charge is 0.307 e. The molecule has 2 aromatic rings. The van der Waals surface area contributed by atoms with Crippen molar-refractivity contribution >= 4 is 23.6 Å². The summed E-state index contributed by atoms with van der Waals surface area (Å²) >= 11 is 1.60. The SMILES string of the molecule is COc1ccc(-c2ccc3c(c2)CNC3=O)c(OCC(C)(C)OC(=O)CCSC)c1OC. The summed E-state index contributed by atoms with van der Waals surface area (Å²) in [4.78, 5) is 24.0. The van der Waals surface area contributed by atoms with Gasteiger partial charge >= 0.3 is 5.97 Å². The van der Waals surface area contributed by atoms with Crippen LogP contribution in [0.3, 0.4) is 0 Å². The second-order valence-corrected chi connectivity index (χ2v) is 8.98. The second kappa shape index (κ2) is 10.2. The van der Waals surface area contributed by atoms with Crippen molar-refractivity contribution in [1.29, 1.82) is 0 Å². The highest BCUT2D eigenvalue weighted by atomic mass is 32.2. The van der Waals surface area contributed by atoms with Gasteiger partial charge in [-0.3, -0.25) is 9.59 Å². The number of esters is 1. The van der Waals surface area contributed by atoms with Crippen LogP contribution in [-0.4, -0.2) is 50.3 Å². The molecule has 2 aromatic carbocycles. The number of fused-ring (bicyclic) bond motifs is 1. The molecule has 0 radical (unpaired) electrons. The number of amides is 1. The van der Waals surface area contributed by atoms with Crippen molar-refractivity contribution in [3.8, 4) is 28.4 Å². The lowest BCUT2D eigenvalue weighted by Crippen LogP contribution is -2.35. The van der Waals surface area contributed by atoms with E-state index in [4.69, 9.17) is 18.9 Å². The fourth-order valence-corrected chi connectivity index (χ4v) is 3.86. The summed E-state index contributed by atoms with van der Waals surface area (Å²) < 4.78 is 22.9. The summed E-state index contributed by atoms with van der Waals surface area (Å²) in [6, 6.07) is 9.36. The number of ether oxygens (including phenoxy) is 4. The van der Waals surface area contributed by atoms with Gasteiger partial charge in [0.2, 0.25) is 5.75 Å². The molecule has 0 saturated heterocycles. The predicted octanol–water partition coefficient (Wildman–Crippen LogP) is 4.07. The third kappa shape index (κ3) is 5.30. The molecule has 8 heteroatoms. The highest BCUT2D eigenvalue weighted by Crippen LogP contribution is 2.45. The van der Waals surface area contributed by atoms with E-state index in [1.165, 1.54) is 0 Å². The molecule has 0 atom stereocenters. The summed E-state index contributed by atoms with van der Waals surface area (Å²) in [7, 11) is 3.11. The van der Waals surface area contributed by atoms with Crippen LogP contribution in [0.15, 0.2) is 30.3 Å². The van der Waals surface area contributed by atoms with Crippen LogP contribution in [0, 0.1) is 0 Å². The molecule has 0 spiro atoms. The van der Waals surface area contributed by atoms with Gasteiger partial charge in [-0.05, 0) is 55.5 Å². The largest absolute Gasteiger partial charge is 0.493 e. The van der Waals surface area contributed by atoms with Gasteiger partial charge in [0.05, 0.1) is 20.6 Å². The highest BCUT2D eigenvalue weighted by Gasteiger charge is 2.27. The molecule has 1 amide bonds. The van der Waals surface area contributed by atoms with Crippen molar-refractivity contribution in [3.05, 3.63) is 41.5 Å². The minimum absolute atomic E-state index is 0.0691. The van der Waals surface area contributed by atoms with Crippen molar-refractivity contribution in [2.75, 3.05) is 32.8 Å². The third-order valence-corrected chi connectivity index (χ3v) is 5.68. The van der Waals surface area contributed by atoms with E-state index in [9.17, 15) is 9.59 Å². The first-order chi connectivity index (χ1) is 15.3. The number of thioether (sulfide) groups is 1. The molecular weight excluding hydrogens is 430 g/mol. The maximum absolute atomic E-state index is 12.1. The fraction of sp³-hybridized carbons (Fsp3) is 0.417. The maximum atomic E-state index is 12.1. The predicted molar refractivity (Wildman–Crippen MR) is 125 cm³/mol. The van der Waals surface area contributed by atoms with Crippen LogP contribution in [0.2, 0.25) is 0 Å².